The Morgan fingerprint density at radius 2 is 2.00 bits per heavy atom. The molecule has 17 heavy (non-hydrogen) atoms. The molecule has 0 unspecified atom stereocenters. The molecule has 1 rings (SSSR count). The summed E-state index contributed by atoms with van der Waals surface area (Å²) in [6, 6.07) is 3.00. The summed E-state index contributed by atoms with van der Waals surface area (Å²) in [5.74, 6) is -0.874. The van der Waals surface area contributed by atoms with E-state index in [1.54, 1.807) is 13.0 Å². The first kappa shape index (κ1) is 12.9. The topological polar surface area (TPSA) is 72.5 Å². The third-order valence-corrected chi connectivity index (χ3v) is 2.19. The van der Waals surface area contributed by atoms with Crippen LogP contribution in [0.15, 0.2) is 12.1 Å². The van der Waals surface area contributed by atoms with Crippen LogP contribution in [0.3, 0.4) is 0 Å². The van der Waals surface area contributed by atoms with E-state index in [1.807, 2.05) is 0 Å². The minimum Gasteiger partial charge on any atom is -0.465 e. The molecule has 0 aliphatic heterocycles. The normalized spacial score (nSPS) is 9.59. The summed E-state index contributed by atoms with van der Waals surface area (Å²) < 4.78 is 4.63. The number of nitrogens with one attached hydrogen (secondary N) is 1. The zero-order chi connectivity index (χ0) is 13.0. The zero-order valence-corrected chi connectivity index (χ0v) is 9.87. The number of carbonyl (C=O) groups excluding carboxylic acids is 3. The van der Waals surface area contributed by atoms with Crippen LogP contribution >= 0.6 is 0 Å². The van der Waals surface area contributed by atoms with Crippen LogP contribution in [0.5, 0.6) is 0 Å². The van der Waals surface area contributed by atoms with Crippen molar-refractivity contribution >= 4 is 23.9 Å². The SMILES string of the molecule is COC(=O)c1c(C)cc(C=O)cc1NC(C)=O. The van der Waals surface area contributed by atoms with E-state index in [2.05, 4.69) is 10.1 Å². The Bertz CT molecular complexity index is 480. The fraction of sp³-hybridized carbons (Fsp3) is 0.250. The van der Waals surface area contributed by atoms with Crippen molar-refractivity contribution in [1.29, 1.82) is 0 Å². The highest BCUT2D eigenvalue weighted by atomic mass is 16.5. The minimum absolute atomic E-state index is 0.258. The molecule has 0 saturated heterocycles. The maximum atomic E-state index is 11.6. The highest BCUT2D eigenvalue weighted by Gasteiger charge is 2.17. The Kier molecular flexibility index (Phi) is 3.98. The van der Waals surface area contributed by atoms with Crippen LogP contribution in [0.1, 0.15) is 33.2 Å². The van der Waals surface area contributed by atoms with Crippen molar-refractivity contribution < 1.29 is 19.1 Å². The highest BCUT2D eigenvalue weighted by molar-refractivity contribution is 6.03. The molecule has 0 spiro atoms. The van der Waals surface area contributed by atoms with E-state index in [0.717, 1.165) is 0 Å². The second-order valence-corrected chi connectivity index (χ2v) is 3.55. The van der Waals surface area contributed by atoms with Crippen molar-refractivity contribution in [3.63, 3.8) is 0 Å². The predicted octanol–water partition coefficient (Wildman–Crippen LogP) is 1.55. The van der Waals surface area contributed by atoms with Crippen molar-refractivity contribution in [1.82, 2.24) is 0 Å². The predicted molar refractivity (Wildman–Crippen MR) is 62.2 cm³/mol. The lowest BCUT2D eigenvalue weighted by Crippen LogP contribution is -2.14. The van der Waals surface area contributed by atoms with E-state index in [1.165, 1.54) is 20.1 Å². The van der Waals surface area contributed by atoms with E-state index in [0.29, 0.717) is 17.4 Å². The summed E-state index contributed by atoms with van der Waals surface area (Å²) >= 11 is 0. The van der Waals surface area contributed by atoms with Gasteiger partial charge in [0.2, 0.25) is 5.91 Å². The molecule has 0 saturated carbocycles. The second kappa shape index (κ2) is 5.25. The first-order chi connectivity index (χ1) is 7.99. The van der Waals surface area contributed by atoms with E-state index < -0.39 is 5.97 Å². The number of esters is 1. The van der Waals surface area contributed by atoms with Gasteiger partial charge < -0.3 is 10.1 Å². The number of methoxy groups -OCH3 is 1. The quantitative estimate of drug-likeness (QED) is 0.637. The van der Waals surface area contributed by atoms with E-state index in [-0.39, 0.29) is 17.2 Å². The Hall–Kier alpha value is -2.17. The Morgan fingerprint density at radius 1 is 1.35 bits per heavy atom. The van der Waals surface area contributed by atoms with Gasteiger partial charge >= 0.3 is 5.97 Å². The van der Waals surface area contributed by atoms with Gasteiger partial charge in [0.25, 0.3) is 0 Å². The summed E-state index contributed by atoms with van der Waals surface area (Å²) in [5, 5.41) is 2.51. The third kappa shape index (κ3) is 2.90. The van der Waals surface area contributed by atoms with Gasteiger partial charge in [-0.1, -0.05) is 0 Å². The van der Waals surface area contributed by atoms with Crippen LogP contribution in [0.25, 0.3) is 0 Å². The van der Waals surface area contributed by atoms with Gasteiger partial charge in [-0.2, -0.15) is 0 Å². The number of benzene rings is 1. The standard InChI is InChI=1S/C12H13NO4/c1-7-4-9(6-14)5-10(13-8(2)15)11(7)12(16)17-3/h4-6H,1-3H3,(H,13,15). The average Bonchev–Trinajstić information content (AvgIpc) is 2.26. The maximum absolute atomic E-state index is 11.6. The molecule has 0 aromatic heterocycles. The van der Waals surface area contributed by atoms with E-state index in [4.69, 9.17) is 0 Å². The summed E-state index contributed by atoms with van der Waals surface area (Å²) in [4.78, 5) is 33.3. The summed E-state index contributed by atoms with van der Waals surface area (Å²) in [6.45, 7) is 2.99. The molecule has 0 radical (unpaired) electrons. The van der Waals surface area contributed by atoms with E-state index in [9.17, 15) is 14.4 Å². The van der Waals surface area contributed by atoms with Gasteiger partial charge in [0, 0.05) is 12.5 Å². The largest absolute Gasteiger partial charge is 0.465 e. The fourth-order valence-electron chi connectivity index (χ4n) is 1.54. The van der Waals surface area contributed by atoms with Crippen molar-refractivity contribution in [3.8, 4) is 0 Å². The molecule has 5 nitrogen and oxygen atoms in total. The van der Waals surface area contributed by atoms with Gasteiger partial charge in [0.05, 0.1) is 18.4 Å². The Labute approximate surface area is 98.8 Å². The van der Waals surface area contributed by atoms with Crippen LogP contribution in [0.2, 0.25) is 0 Å². The van der Waals surface area contributed by atoms with Crippen LogP contribution in [0.4, 0.5) is 5.69 Å². The number of ether oxygens (including phenoxy) is 1. The Balaban J connectivity index is 3.38. The first-order valence-electron chi connectivity index (χ1n) is 4.95. The number of hydrogen-bond acceptors (Lipinski definition) is 4. The van der Waals surface area contributed by atoms with Gasteiger partial charge in [-0.15, -0.1) is 0 Å². The minimum atomic E-state index is -0.552. The molecular formula is C12H13NO4. The molecular weight excluding hydrogens is 222 g/mol. The van der Waals surface area contributed by atoms with Gasteiger partial charge in [0.15, 0.2) is 0 Å². The lowest BCUT2D eigenvalue weighted by atomic mass is 10.0. The van der Waals surface area contributed by atoms with Crippen molar-refractivity contribution in [2.75, 3.05) is 12.4 Å². The van der Waals surface area contributed by atoms with Crippen LogP contribution in [-0.2, 0) is 9.53 Å². The van der Waals surface area contributed by atoms with Crippen molar-refractivity contribution in [3.05, 3.63) is 28.8 Å². The lowest BCUT2D eigenvalue weighted by molar-refractivity contribution is -0.114. The first-order valence-corrected chi connectivity index (χ1v) is 4.95. The number of carbonyl (C=O) groups is 3. The number of aryl methyl sites for hydroxylation is 1. The molecule has 0 fully saturated rings. The maximum Gasteiger partial charge on any atom is 0.340 e. The highest BCUT2D eigenvalue weighted by Crippen LogP contribution is 2.22. The number of aldehydes is 1. The fourth-order valence-corrected chi connectivity index (χ4v) is 1.54. The number of anilines is 1. The molecule has 0 atom stereocenters. The molecule has 0 aliphatic rings. The lowest BCUT2D eigenvalue weighted by Gasteiger charge is -2.11. The molecule has 0 heterocycles. The molecule has 0 aliphatic carbocycles. The summed E-state index contributed by atoms with van der Waals surface area (Å²) in [6.07, 6.45) is 0.652. The van der Waals surface area contributed by atoms with Gasteiger partial charge in [0.1, 0.15) is 6.29 Å². The van der Waals surface area contributed by atoms with Crippen LogP contribution in [-0.4, -0.2) is 25.3 Å². The van der Waals surface area contributed by atoms with Gasteiger partial charge in [-0.25, -0.2) is 4.79 Å². The Morgan fingerprint density at radius 3 is 2.47 bits per heavy atom. The number of rotatable bonds is 3. The third-order valence-electron chi connectivity index (χ3n) is 2.19. The van der Waals surface area contributed by atoms with Gasteiger partial charge in [-0.05, 0) is 24.6 Å². The average molecular weight is 235 g/mol. The monoisotopic (exact) mass is 235 g/mol. The molecule has 1 aromatic carbocycles. The van der Waals surface area contributed by atoms with Crippen LogP contribution in [0, 0.1) is 6.92 Å². The summed E-state index contributed by atoms with van der Waals surface area (Å²) in [5.41, 5.74) is 1.50. The smallest absolute Gasteiger partial charge is 0.340 e. The number of hydrogen-bond donors (Lipinski definition) is 1. The molecule has 0 bridgehead atoms. The van der Waals surface area contributed by atoms with E-state index >= 15 is 0 Å². The molecule has 5 heteroatoms. The molecule has 1 N–H and O–H groups in total. The van der Waals surface area contributed by atoms with Crippen LogP contribution < -0.4 is 5.32 Å². The zero-order valence-electron chi connectivity index (χ0n) is 9.87. The molecule has 1 aromatic rings. The summed E-state index contributed by atoms with van der Waals surface area (Å²) in [7, 11) is 1.26. The molecule has 90 valence electrons. The second-order valence-electron chi connectivity index (χ2n) is 3.55. The van der Waals surface area contributed by atoms with Gasteiger partial charge in [-0.3, -0.25) is 9.59 Å². The van der Waals surface area contributed by atoms with Crippen molar-refractivity contribution in [2.45, 2.75) is 13.8 Å². The van der Waals surface area contributed by atoms with Crippen molar-refractivity contribution in [2.24, 2.45) is 0 Å². The number of amides is 1. The molecule has 1 amide bonds.